The normalized spacial score (nSPS) is 15.6. The van der Waals surface area contributed by atoms with E-state index in [2.05, 4.69) is 17.2 Å². The number of likely N-dealkylation sites (tertiary alicyclic amines) is 1. The lowest BCUT2D eigenvalue weighted by atomic mass is 9.96. The molecule has 1 aliphatic heterocycles. The fourth-order valence-electron chi connectivity index (χ4n) is 3.45. The molecular formula is C18H25N5O3. The number of nitrogens with zero attached hydrogens (tertiary/aromatic N) is 4. The van der Waals surface area contributed by atoms with Gasteiger partial charge in [0.2, 0.25) is 0 Å². The van der Waals surface area contributed by atoms with E-state index in [1.54, 1.807) is 13.1 Å². The standard InChI is InChI=1S/C18H25N5O3/c1-4-19-10-12-5-7-23(8-6-12)16(24)13-9-14-15(20-11-13)21(2)18(26)22(3)17(14)25/h9,11-12,19H,4-8,10H2,1-3H3. The quantitative estimate of drug-likeness (QED) is 0.836. The molecule has 1 saturated heterocycles. The Morgan fingerprint density at radius 3 is 2.58 bits per heavy atom. The summed E-state index contributed by atoms with van der Waals surface area (Å²) in [6, 6.07) is 1.55. The van der Waals surface area contributed by atoms with Crippen molar-refractivity contribution in [1.82, 2.24) is 24.3 Å². The Labute approximate surface area is 151 Å². The van der Waals surface area contributed by atoms with Crippen LogP contribution in [0.5, 0.6) is 0 Å². The number of hydrogen-bond donors (Lipinski definition) is 1. The van der Waals surface area contributed by atoms with E-state index >= 15 is 0 Å². The summed E-state index contributed by atoms with van der Waals surface area (Å²) in [5.74, 6) is 0.479. The van der Waals surface area contributed by atoms with Crippen LogP contribution in [0.15, 0.2) is 21.9 Å². The lowest BCUT2D eigenvalue weighted by Gasteiger charge is -2.32. The van der Waals surface area contributed by atoms with Gasteiger partial charge >= 0.3 is 5.69 Å². The number of fused-ring (bicyclic) bond motifs is 1. The Balaban J connectivity index is 1.84. The number of carbonyl (C=O) groups is 1. The molecule has 3 rings (SSSR count). The molecule has 3 heterocycles. The molecule has 2 aromatic rings. The Hall–Kier alpha value is -2.48. The maximum atomic E-state index is 12.8. The van der Waals surface area contributed by atoms with E-state index in [9.17, 15) is 14.4 Å². The van der Waals surface area contributed by atoms with Crippen molar-refractivity contribution < 1.29 is 4.79 Å². The van der Waals surface area contributed by atoms with Crippen molar-refractivity contribution in [1.29, 1.82) is 0 Å². The van der Waals surface area contributed by atoms with Gasteiger partial charge in [-0.05, 0) is 37.9 Å². The van der Waals surface area contributed by atoms with Crippen molar-refractivity contribution in [3.05, 3.63) is 38.7 Å². The van der Waals surface area contributed by atoms with E-state index in [4.69, 9.17) is 0 Å². The Kier molecular flexibility index (Phi) is 5.22. The van der Waals surface area contributed by atoms with E-state index in [-0.39, 0.29) is 11.3 Å². The van der Waals surface area contributed by atoms with Crippen LogP contribution in [0.4, 0.5) is 0 Å². The summed E-state index contributed by atoms with van der Waals surface area (Å²) in [5, 5.41) is 3.64. The minimum absolute atomic E-state index is 0.114. The van der Waals surface area contributed by atoms with Crippen LogP contribution in [0.1, 0.15) is 30.1 Å². The summed E-state index contributed by atoms with van der Waals surface area (Å²) < 4.78 is 2.35. The first kappa shape index (κ1) is 18.3. The fourth-order valence-corrected chi connectivity index (χ4v) is 3.45. The van der Waals surface area contributed by atoms with Crippen LogP contribution in [0, 0.1) is 5.92 Å². The molecule has 2 aromatic heterocycles. The van der Waals surface area contributed by atoms with E-state index in [0.29, 0.717) is 30.2 Å². The van der Waals surface area contributed by atoms with Crippen LogP contribution in [-0.4, -0.2) is 51.1 Å². The molecule has 1 fully saturated rings. The predicted molar refractivity (Wildman–Crippen MR) is 99.4 cm³/mol. The third kappa shape index (κ3) is 3.29. The summed E-state index contributed by atoms with van der Waals surface area (Å²) in [7, 11) is 2.99. The van der Waals surface area contributed by atoms with Crippen molar-refractivity contribution in [2.75, 3.05) is 26.2 Å². The Morgan fingerprint density at radius 2 is 1.92 bits per heavy atom. The molecule has 0 spiro atoms. The molecule has 140 valence electrons. The summed E-state index contributed by atoms with van der Waals surface area (Å²) >= 11 is 0. The Bertz CT molecular complexity index is 938. The molecule has 0 unspecified atom stereocenters. The second-order valence-corrected chi connectivity index (χ2v) is 6.84. The average molecular weight is 359 g/mol. The molecular weight excluding hydrogens is 334 g/mol. The van der Waals surface area contributed by atoms with Crippen molar-refractivity contribution in [2.45, 2.75) is 19.8 Å². The first-order chi connectivity index (χ1) is 12.4. The maximum absolute atomic E-state index is 12.8. The number of amides is 1. The number of hydrogen-bond acceptors (Lipinski definition) is 5. The molecule has 1 N–H and O–H groups in total. The minimum Gasteiger partial charge on any atom is -0.339 e. The minimum atomic E-state index is -0.436. The molecule has 26 heavy (non-hydrogen) atoms. The lowest BCUT2D eigenvalue weighted by molar-refractivity contribution is 0.0690. The van der Waals surface area contributed by atoms with E-state index in [1.165, 1.54) is 17.8 Å². The molecule has 8 heteroatoms. The highest BCUT2D eigenvalue weighted by Crippen LogP contribution is 2.19. The fraction of sp³-hybridized carbons (Fsp3) is 0.556. The molecule has 8 nitrogen and oxygen atoms in total. The number of aryl methyl sites for hydroxylation is 1. The second-order valence-electron chi connectivity index (χ2n) is 6.84. The molecule has 0 aromatic carbocycles. The summed E-state index contributed by atoms with van der Waals surface area (Å²) in [6.07, 6.45) is 3.39. The van der Waals surface area contributed by atoms with Crippen LogP contribution < -0.4 is 16.6 Å². The molecule has 0 aliphatic carbocycles. The third-order valence-corrected chi connectivity index (χ3v) is 5.12. The maximum Gasteiger partial charge on any atom is 0.332 e. The lowest BCUT2D eigenvalue weighted by Crippen LogP contribution is -2.41. The van der Waals surface area contributed by atoms with Gasteiger partial charge in [0.15, 0.2) is 0 Å². The largest absolute Gasteiger partial charge is 0.339 e. The highest BCUT2D eigenvalue weighted by molar-refractivity contribution is 5.96. The van der Waals surface area contributed by atoms with Crippen molar-refractivity contribution in [2.24, 2.45) is 20.0 Å². The number of rotatable bonds is 4. The van der Waals surface area contributed by atoms with Gasteiger partial charge in [-0.2, -0.15) is 0 Å². The number of carbonyl (C=O) groups excluding carboxylic acids is 1. The van der Waals surface area contributed by atoms with Crippen molar-refractivity contribution >= 4 is 16.9 Å². The number of piperidine rings is 1. The molecule has 1 aliphatic rings. The van der Waals surface area contributed by atoms with Gasteiger partial charge in [0.25, 0.3) is 11.5 Å². The summed E-state index contributed by atoms with van der Waals surface area (Å²) in [6.45, 7) is 5.45. The second kappa shape index (κ2) is 7.41. The van der Waals surface area contributed by atoms with Gasteiger partial charge in [-0.15, -0.1) is 0 Å². The highest BCUT2D eigenvalue weighted by Gasteiger charge is 2.24. The zero-order valence-corrected chi connectivity index (χ0v) is 15.5. The van der Waals surface area contributed by atoms with Crippen LogP contribution in [-0.2, 0) is 14.1 Å². The molecule has 0 bridgehead atoms. The van der Waals surface area contributed by atoms with Crippen molar-refractivity contribution in [3.63, 3.8) is 0 Å². The van der Waals surface area contributed by atoms with E-state index < -0.39 is 11.2 Å². The highest BCUT2D eigenvalue weighted by atomic mass is 16.2. The van der Waals surface area contributed by atoms with Gasteiger partial charge in [-0.3, -0.25) is 18.7 Å². The smallest absolute Gasteiger partial charge is 0.332 e. The molecule has 0 saturated carbocycles. The summed E-state index contributed by atoms with van der Waals surface area (Å²) in [4.78, 5) is 43.2. The average Bonchev–Trinajstić information content (AvgIpc) is 2.68. The first-order valence-electron chi connectivity index (χ1n) is 8.99. The predicted octanol–water partition coefficient (Wildman–Crippen LogP) is 0.0939. The SMILES string of the molecule is CCNCC1CCN(C(=O)c2cnc3c(c2)c(=O)n(C)c(=O)n3C)CC1. The van der Waals surface area contributed by atoms with Gasteiger partial charge in [0.05, 0.1) is 10.9 Å². The van der Waals surface area contributed by atoms with Crippen molar-refractivity contribution in [3.8, 4) is 0 Å². The van der Waals surface area contributed by atoms with Gasteiger partial charge in [0, 0.05) is 33.4 Å². The van der Waals surface area contributed by atoms with Crippen LogP contribution in [0.3, 0.4) is 0 Å². The van der Waals surface area contributed by atoms with Gasteiger partial charge < -0.3 is 10.2 Å². The third-order valence-electron chi connectivity index (χ3n) is 5.12. The number of pyridine rings is 1. The van der Waals surface area contributed by atoms with Crippen LogP contribution >= 0.6 is 0 Å². The Morgan fingerprint density at radius 1 is 1.23 bits per heavy atom. The van der Waals surface area contributed by atoms with E-state index in [0.717, 1.165) is 30.5 Å². The monoisotopic (exact) mass is 359 g/mol. The van der Waals surface area contributed by atoms with Crippen LogP contribution in [0.25, 0.3) is 11.0 Å². The molecule has 0 radical (unpaired) electrons. The zero-order valence-electron chi connectivity index (χ0n) is 15.5. The van der Waals surface area contributed by atoms with Crippen LogP contribution in [0.2, 0.25) is 0 Å². The topological polar surface area (TPSA) is 89.2 Å². The number of aromatic nitrogens is 3. The zero-order chi connectivity index (χ0) is 18.8. The molecule has 1 amide bonds. The molecule has 0 atom stereocenters. The number of nitrogens with one attached hydrogen (secondary N) is 1. The van der Waals surface area contributed by atoms with Gasteiger partial charge in [-0.1, -0.05) is 6.92 Å². The van der Waals surface area contributed by atoms with E-state index in [1.807, 2.05) is 4.90 Å². The van der Waals surface area contributed by atoms with Gasteiger partial charge in [-0.25, -0.2) is 9.78 Å². The summed E-state index contributed by atoms with van der Waals surface area (Å²) in [5.41, 5.74) is -0.191. The first-order valence-corrected chi connectivity index (χ1v) is 8.99. The van der Waals surface area contributed by atoms with Gasteiger partial charge in [0.1, 0.15) is 5.65 Å².